The van der Waals surface area contributed by atoms with E-state index in [1.807, 2.05) is 0 Å². The number of aromatic nitrogens is 1. The molecule has 1 amide bonds. The molecular formula is C15H21N2O6P. The molecular weight excluding hydrogens is 335 g/mol. The Labute approximate surface area is 140 Å². The van der Waals surface area contributed by atoms with Gasteiger partial charge in [0.2, 0.25) is 5.91 Å². The minimum atomic E-state index is -2.64. The lowest BCUT2D eigenvalue weighted by molar-refractivity contribution is -0.145. The smallest absolute Gasteiger partial charge is 0.319 e. The number of hydrogen-bond acceptors (Lipinski definition) is 7. The summed E-state index contributed by atoms with van der Waals surface area (Å²) < 4.78 is 26.5. The fourth-order valence-electron chi connectivity index (χ4n) is 2.11. The lowest BCUT2D eigenvalue weighted by Gasteiger charge is -2.36. The van der Waals surface area contributed by atoms with Crippen LogP contribution in [0.5, 0.6) is 0 Å². The Bertz CT molecular complexity index is 607. The van der Waals surface area contributed by atoms with Gasteiger partial charge in [0.1, 0.15) is 6.61 Å². The Balaban J connectivity index is 1.72. The van der Waals surface area contributed by atoms with Crippen molar-refractivity contribution in [2.75, 3.05) is 13.2 Å². The number of nitrogens with zero attached hydrogens (tertiary/aromatic N) is 1. The lowest BCUT2D eigenvalue weighted by atomic mass is 9.87. The number of nitrogens with one attached hydrogen (secondary N) is 1. The molecule has 24 heavy (non-hydrogen) atoms. The first-order valence-corrected chi connectivity index (χ1v) is 8.76. The lowest BCUT2D eigenvalue weighted by Crippen LogP contribution is -2.48. The number of esters is 1. The quantitative estimate of drug-likeness (QED) is 0.608. The van der Waals surface area contributed by atoms with E-state index in [-0.39, 0.29) is 26.2 Å². The first-order chi connectivity index (χ1) is 11.4. The number of hydrogen-bond donors (Lipinski definition) is 1. The molecule has 2 heterocycles. The topological polar surface area (TPSA) is 104 Å². The van der Waals surface area contributed by atoms with E-state index in [4.69, 9.17) is 13.8 Å². The molecule has 1 aromatic rings. The predicted molar refractivity (Wildman–Crippen MR) is 85.3 cm³/mol. The molecule has 2 atom stereocenters. The predicted octanol–water partition coefficient (Wildman–Crippen LogP) is 1.46. The number of amides is 1. The molecule has 8 nitrogen and oxygen atoms in total. The third-order valence-corrected chi connectivity index (χ3v) is 4.31. The van der Waals surface area contributed by atoms with Crippen LogP contribution in [-0.2, 0) is 34.5 Å². The second kappa shape index (κ2) is 8.37. The monoisotopic (exact) mass is 356 g/mol. The number of carbonyl (C=O) groups excluding carboxylic acids is 2. The molecule has 9 heteroatoms. The van der Waals surface area contributed by atoms with Gasteiger partial charge in [0.15, 0.2) is 6.10 Å². The van der Waals surface area contributed by atoms with Crippen molar-refractivity contribution in [1.29, 1.82) is 0 Å². The van der Waals surface area contributed by atoms with Gasteiger partial charge in [-0.15, -0.1) is 0 Å². The summed E-state index contributed by atoms with van der Waals surface area (Å²) in [5.41, 5.74) is 0.245. The number of pyridine rings is 1. The molecule has 0 aromatic carbocycles. The highest BCUT2D eigenvalue weighted by Gasteiger charge is 2.41. The van der Waals surface area contributed by atoms with Crippen LogP contribution in [0.2, 0.25) is 0 Å². The molecule has 0 bridgehead atoms. The zero-order valence-corrected chi connectivity index (χ0v) is 14.6. The van der Waals surface area contributed by atoms with Gasteiger partial charge in [-0.2, -0.15) is 0 Å². The van der Waals surface area contributed by atoms with Crippen molar-refractivity contribution in [3.8, 4) is 0 Å². The van der Waals surface area contributed by atoms with Gasteiger partial charge in [-0.1, -0.05) is 13.8 Å². The standard InChI is InChI=1S/C15H21N2O6P/c1-15(2)10-22-24(20)23-13(15)14(19)17-8-5-12(18)21-9-11-3-6-16-7-4-11/h3-4,6-7,13,24H,5,8-10H2,1-2H3,(H,17,19)/t13-/m0/s1. The van der Waals surface area contributed by atoms with Crippen LogP contribution in [0.25, 0.3) is 0 Å². The van der Waals surface area contributed by atoms with Crippen molar-refractivity contribution >= 4 is 20.1 Å². The summed E-state index contributed by atoms with van der Waals surface area (Å²) in [6, 6.07) is 3.50. The highest BCUT2D eigenvalue weighted by Crippen LogP contribution is 2.41. The maximum Gasteiger partial charge on any atom is 0.319 e. The van der Waals surface area contributed by atoms with E-state index < -0.39 is 31.7 Å². The SMILES string of the molecule is CC1(C)CO[PH](=O)O[C@H]1C(=O)NCCC(=O)OCc1ccncc1. The highest BCUT2D eigenvalue weighted by atomic mass is 31.1. The summed E-state index contributed by atoms with van der Waals surface area (Å²) in [6.07, 6.45) is 2.40. The summed E-state index contributed by atoms with van der Waals surface area (Å²) in [6.45, 7) is 4.03. The first kappa shape index (κ1) is 18.6. The van der Waals surface area contributed by atoms with Gasteiger partial charge in [0, 0.05) is 24.4 Å². The number of rotatable bonds is 6. The van der Waals surface area contributed by atoms with E-state index in [0.29, 0.717) is 0 Å². The normalized spacial score (nSPS) is 22.6. The average molecular weight is 356 g/mol. The maximum absolute atomic E-state index is 12.1. The van der Waals surface area contributed by atoms with Gasteiger partial charge in [-0.3, -0.25) is 23.7 Å². The Morgan fingerprint density at radius 2 is 2.12 bits per heavy atom. The Hall–Kier alpha value is -1.76. The van der Waals surface area contributed by atoms with E-state index >= 15 is 0 Å². The largest absolute Gasteiger partial charge is 0.461 e. The molecule has 2 rings (SSSR count). The van der Waals surface area contributed by atoms with Gasteiger partial charge in [-0.05, 0) is 17.7 Å². The van der Waals surface area contributed by atoms with Crippen molar-refractivity contribution in [2.45, 2.75) is 33.0 Å². The van der Waals surface area contributed by atoms with Crippen LogP contribution < -0.4 is 5.32 Å². The Kier molecular flexibility index (Phi) is 6.48. The molecule has 1 unspecified atom stereocenters. The minimum absolute atomic E-state index is 0.0374. The molecule has 1 aliphatic rings. The van der Waals surface area contributed by atoms with E-state index in [2.05, 4.69) is 10.3 Å². The Morgan fingerprint density at radius 3 is 2.83 bits per heavy atom. The molecule has 132 valence electrons. The van der Waals surface area contributed by atoms with Crippen LogP contribution in [-0.4, -0.2) is 36.1 Å². The van der Waals surface area contributed by atoms with E-state index in [1.54, 1.807) is 38.4 Å². The van der Waals surface area contributed by atoms with Crippen molar-refractivity contribution in [3.63, 3.8) is 0 Å². The van der Waals surface area contributed by atoms with E-state index in [0.717, 1.165) is 5.56 Å². The van der Waals surface area contributed by atoms with Crippen molar-refractivity contribution < 1.29 is 27.9 Å². The van der Waals surface area contributed by atoms with Gasteiger partial charge in [0.05, 0.1) is 13.0 Å². The fraction of sp³-hybridized carbons (Fsp3) is 0.533. The van der Waals surface area contributed by atoms with Crippen LogP contribution in [0.4, 0.5) is 0 Å². The molecule has 1 aliphatic heterocycles. The summed E-state index contributed by atoms with van der Waals surface area (Å²) >= 11 is 0. The molecule has 0 radical (unpaired) electrons. The molecule has 0 aliphatic carbocycles. The maximum atomic E-state index is 12.1. The Morgan fingerprint density at radius 1 is 1.42 bits per heavy atom. The van der Waals surface area contributed by atoms with Crippen LogP contribution in [0.3, 0.4) is 0 Å². The highest BCUT2D eigenvalue weighted by molar-refractivity contribution is 7.33. The molecule has 0 spiro atoms. The molecule has 1 aromatic heterocycles. The van der Waals surface area contributed by atoms with Crippen molar-refractivity contribution in [3.05, 3.63) is 30.1 Å². The zero-order valence-electron chi connectivity index (χ0n) is 13.6. The van der Waals surface area contributed by atoms with Gasteiger partial charge in [0.25, 0.3) is 0 Å². The summed E-state index contributed by atoms with van der Waals surface area (Å²) in [5, 5.41) is 2.60. The summed E-state index contributed by atoms with van der Waals surface area (Å²) in [7, 11) is -2.64. The van der Waals surface area contributed by atoms with Crippen LogP contribution in [0.15, 0.2) is 24.5 Å². The third kappa shape index (κ3) is 5.40. The van der Waals surface area contributed by atoms with E-state index in [9.17, 15) is 14.2 Å². The second-order valence-corrected chi connectivity index (χ2v) is 7.11. The van der Waals surface area contributed by atoms with Crippen molar-refractivity contribution in [2.24, 2.45) is 5.41 Å². The average Bonchev–Trinajstić information content (AvgIpc) is 2.56. The number of carbonyl (C=O) groups is 2. The van der Waals surface area contributed by atoms with Crippen LogP contribution >= 0.6 is 8.25 Å². The summed E-state index contributed by atoms with van der Waals surface area (Å²) in [4.78, 5) is 27.7. The van der Waals surface area contributed by atoms with Gasteiger partial charge < -0.3 is 14.6 Å². The van der Waals surface area contributed by atoms with Crippen LogP contribution in [0, 0.1) is 5.41 Å². The van der Waals surface area contributed by atoms with E-state index in [1.165, 1.54) is 0 Å². The fourth-order valence-corrected chi connectivity index (χ4v) is 3.29. The van der Waals surface area contributed by atoms with Crippen LogP contribution in [0.1, 0.15) is 25.8 Å². The third-order valence-electron chi connectivity index (χ3n) is 3.50. The number of ether oxygens (including phenoxy) is 1. The second-order valence-electron chi connectivity index (χ2n) is 6.08. The zero-order chi connectivity index (χ0) is 17.6. The minimum Gasteiger partial charge on any atom is -0.461 e. The molecule has 1 saturated heterocycles. The molecule has 0 saturated carbocycles. The first-order valence-electron chi connectivity index (χ1n) is 7.54. The van der Waals surface area contributed by atoms with Crippen molar-refractivity contribution in [1.82, 2.24) is 10.3 Å². The van der Waals surface area contributed by atoms with Gasteiger partial charge >= 0.3 is 14.2 Å². The molecule has 1 fully saturated rings. The van der Waals surface area contributed by atoms with Gasteiger partial charge in [-0.25, -0.2) is 0 Å². The summed E-state index contributed by atoms with van der Waals surface area (Å²) in [5.74, 6) is -0.837. The molecule has 1 N–H and O–H groups in total.